The summed E-state index contributed by atoms with van der Waals surface area (Å²) < 4.78 is 93.0. The molecular formula is C20H10F6O5S. The van der Waals surface area contributed by atoms with Crippen molar-refractivity contribution in [2.24, 2.45) is 0 Å². The van der Waals surface area contributed by atoms with E-state index >= 15 is 0 Å². The lowest BCUT2D eigenvalue weighted by Gasteiger charge is -2.13. The Bertz CT molecular complexity index is 1260. The van der Waals surface area contributed by atoms with Gasteiger partial charge < -0.3 is 14.2 Å². The van der Waals surface area contributed by atoms with Crippen LogP contribution in [-0.2, 0) is 15.8 Å². The number of esters is 2. The summed E-state index contributed by atoms with van der Waals surface area (Å²) in [7, 11) is 0. The van der Waals surface area contributed by atoms with Crippen LogP contribution in [0.5, 0.6) is 17.2 Å². The Kier molecular flexibility index (Phi) is 5.92. The van der Waals surface area contributed by atoms with Gasteiger partial charge in [0.1, 0.15) is 11.3 Å². The molecule has 0 atom stereocenters. The fourth-order valence-electron chi connectivity index (χ4n) is 2.79. The minimum Gasteiger partial charge on any atom is -0.423 e. The highest BCUT2D eigenvalue weighted by Crippen LogP contribution is 2.51. The fourth-order valence-corrected chi connectivity index (χ4v) is 4.12. The van der Waals surface area contributed by atoms with Gasteiger partial charge in [0.05, 0.1) is 9.40 Å². The second-order valence-electron chi connectivity index (χ2n) is 5.98. The zero-order chi connectivity index (χ0) is 23.8. The smallest absolute Gasteiger partial charge is 0.423 e. The molecule has 3 rings (SSSR count). The molecular weight excluding hydrogens is 466 g/mol. The second-order valence-corrected chi connectivity index (χ2v) is 7.00. The first-order valence-electron chi connectivity index (χ1n) is 8.39. The van der Waals surface area contributed by atoms with Crippen LogP contribution in [-0.4, -0.2) is 18.3 Å². The first-order chi connectivity index (χ1) is 14.9. The first-order valence-corrected chi connectivity index (χ1v) is 9.21. The largest absolute Gasteiger partial charge is 0.573 e. The number of alkyl halides is 6. The fraction of sp³-hybridized carbons (Fsp3) is 0.100. The highest BCUT2D eigenvalue weighted by Gasteiger charge is 2.39. The molecule has 32 heavy (non-hydrogen) atoms. The van der Waals surface area contributed by atoms with Crippen LogP contribution in [0.3, 0.4) is 0 Å². The average Bonchev–Trinajstić information content (AvgIpc) is 3.06. The van der Waals surface area contributed by atoms with Crippen molar-refractivity contribution in [3.8, 4) is 17.2 Å². The van der Waals surface area contributed by atoms with Gasteiger partial charge in [-0.2, -0.15) is 13.2 Å². The Hall–Kier alpha value is -3.54. The SMILES string of the molecule is C=CC(=O)Oc1ccc2c(sc3c(C(F)(F)F)c(OC(=O)C=C)ccc32)c1OC(F)(F)F. The molecule has 0 bridgehead atoms. The molecule has 5 nitrogen and oxygen atoms in total. The van der Waals surface area contributed by atoms with Crippen molar-refractivity contribution in [1.82, 2.24) is 0 Å². The topological polar surface area (TPSA) is 61.8 Å². The predicted octanol–water partition coefficient (Wildman–Crippen LogP) is 6.15. The minimum absolute atomic E-state index is 0.0326. The van der Waals surface area contributed by atoms with E-state index in [-0.39, 0.29) is 15.5 Å². The third kappa shape index (κ3) is 4.54. The number of benzene rings is 2. The number of fused-ring (bicyclic) bond motifs is 3. The van der Waals surface area contributed by atoms with E-state index in [0.717, 1.165) is 18.2 Å². The maximum atomic E-state index is 13.8. The standard InChI is InChI=1S/C20H10F6O5S/c1-3-13(27)29-11-7-5-9-10-6-8-12(30-14(28)4-2)16(31-20(24,25)26)18(10)32-17(9)15(11)19(21,22)23/h3-8H,1-2H2. The summed E-state index contributed by atoms with van der Waals surface area (Å²) in [5, 5.41) is -0.112. The third-order valence-corrected chi connectivity index (χ3v) is 5.18. The van der Waals surface area contributed by atoms with Gasteiger partial charge in [-0.05, 0) is 24.3 Å². The van der Waals surface area contributed by atoms with Gasteiger partial charge in [0, 0.05) is 22.9 Å². The number of carbonyl (C=O) groups is 2. The molecule has 0 unspecified atom stereocenters. The molecule has 0 spiro atoms. The quantitative estimate of drug-likeness (QED) is 0.191. The van der Waals surface area contributed by atoms with Crippen LogP contribution in [0.4, 0.5) is 26.3 Å². The molecule has 0 N–H and O–H groups in total. The number of halogens is 6. The maximum absolute atomic E-state index is 13.8. The molecule has 2 aromatic carbocycles. The third-order valence-electron chi connectivity index (χ3n) is 3.95. The number of rotatable bonds is 5. The molecule has 0 aliphatic rings. The van der Waals surface area contributed by atoms with E-state index in [4.69, 9.17) is 4.74 Å². The van der Waals surface area contributed by atoms with Gasteiger partial charge in [0.25, 0.3) is 0 Å². The van der Waals surface area contributed by atoms with Crippen LogP contribution in [0.2, 0.25) is 0 Å². The maximum Gasteiger partial charge on any atom is 0.573 e. The van der Waals surface area contributed by atoms with Crippen molar-refractivity contribution in [3.63, 3.8) is 0 Å². The average molecular weight is 476 g/mol. The Balaban J connectivity index is 2.38. The van der Waals surface area contributed by atoms with Crippen molar-refractivity contribution in [2.75, 3.05) is 0 Å². The lowest BCUT2D eigenvalue weighted by molar-refractivity contribution is -0.274. The molecule has 3 aromatic rings. The molecule has 168 valence electrons. The number of carbonyl (C=O) groups excluding carboxylic acids is 2. The van der Waals surface area contributed by atoms with Crippen molar-refractivity contribution in [3.05, 3.63) is 55.1 Å². The van der Waals surface area contributed by atoms with Crippen molar-refractivity contribution in [2.45, 2.75) is 12.5 Å². The van der Waals surface area contributed by atoms with Gasteiger partial charge in [-0.1, -0.05) is 13.2 Å². The van der Waals surface area contributed by atoms with Gasteiger partial charge in [-0.25, -0.2) is 9.59 Å². The molecule has 1 heterocycles. The van der Waals surface area contributed by atoms with E-state index in [2.05, 4.69) is 22.6 Å². The summed E-state index contributed by atoms with van der Waals surface area (Å²) in [5.41, 5.74) is -1.37. The monoisotopic (exact) mass is 476 g/mol. The van der Waals surface area contributed by atoms with Crippen LogP contribution >= 0.6 is 11.3 Å². The Morgan fingerprint density at radius 2 is 1.31 bits per heavy atom. The van der Waals surface area contributed by atoms with E-state index < -0.39 is 52.0 Å². The zero-order valence-electron chi connectivity index (χ0n) is 15.6. The summed E-state index contributed by atoms with van der Waals surface area (Å²) in [6.45, 7) is 6.24. The number of hydrogen-bond donors (Lipinski definition) is 0. The molecule has 0 saturated heterocycles. The van der Waals surface area contributed by atoms with Crippen LogP contribution < -0.4 is 14.2 Å². The normalized spacial score (nSPS) is 11.9. The summed E-state index contributed by atoms with van der Waals surface area (Å²) in [4.78, 5) is 22.9. The van der Waals surface area contributed by atoms with Gasteiger partial charge in [-0.15, -0.1) is 24.5 Å². The van der Waals surface area contributed by atoms with E-state index in [1.54, 1.807) is 0 Å². The number of thiophene rings is 1. The van der Waals surface area contributed by atoms with E-state index in [9.17, 15) is 35.9 Å². The van der Waals surface area contributed by atoms with Gasteiger partial charge in [0.15, 0.2) is 11.5 Å². The van der Waals surface area contributed by atoms with Crippen LogP contribution in [0.25, 0.3) is 20.2 Å². The minimum atomic E-state index is -5.24. The van der Waals surface area contributed by atoms with Crippen LogP contribution in [0.1, 0.15) is 5.56 Å². The lowest BCUT2D eigenvalue weighted by Crippen LogP contribution is -2.18. The Morgan fingerprint density at radius 3 is 1.81 bits per heavy atom. The van der Waals surface area contributed by atoms with E-state index in [1.807, 2.05) is 0 Å². The van der Waals surface area contributed by atoms with Crippen molar-refractivity contribution in [1.29, 1.82) is 0 Å². The molecule has 0 fully saturated rings. The number of hydrogen-bond acceptors (Lipinski definition) is 6. The molecule has 0 aliphatic heterocycles. The van der Waals surface area contributed by atoms with Crippen LogP contribution in [0, 0.1) is 0 Å². The molecule has 0 radical (unpaired) electrons. The molecule has 1 aromatic heterocycles. The van der Waals surface area contributed by atoms with Gasteiger partial charge >= 0.3 is 24.5 Å². The summed E-state index contributed by atoms with van der Waals surface area (Å²) in [6, 6.07) is 4.16. The summed E-state index contributed by atoms with van der Waals surface area (Å²) in [6.07, 6.45) is -8.92. The Morgan fingerprint density at radius 1 is 0.812 bits per heavy atom. The molecule has 0 amide bonds. The lowest BCUT2D eigenvalue weighted by atomic mass is 10.1. The molecule has 0 aliphatic carbocycles. The van der Waals surface area contributed by atoms with Crippen LogP contribution in [0.15, 0.2) is 49.6 Å². The zero-order valence-corrected chi connectivity index (χ0v) is 16.4. The molecule has 12 heteroatoms. The van der Waals surface area contributed by atoms with Crippen molar-refractivity contribution >= 4 is 43.4 Å². The van der Waals surface area contributed by atoms with Gasteiger partial charge in [0.2, 0.25) is 0 Å². The van der Waals surface area contributed by atoms with Gasteiger partial charge in [-0.3, -0.25) is 0 Å². The second kappa shape index (κ2) is 8.19. The number of ether oxygens (including phenoxy) is 3. The van der Waals surface area contributed by atoms with E-state index in [1.165, 1.54) is 6.07 Å². The summed E-state index contributed by atoms with van der Waals surface area (Å²) >= 11 is 0.301. The highest BCUT2D eigenvalue weighted by molar-refractivity contribution is 7.26. The Labute approximate surface area is 179 Å². The first kappa shape index (κ1) is 23.1. The summed E-state index contributed by atoms with van der Waals surface area (Å²) in [5.74, 6) is -4.77. The molecule has 0 saturated carbocycles. The highest BCUT2D eigenvalue weighted by atomic mass is 32.1. The predicted molar refractivity (Wildman–Crippen MR) is 103 cm³/mol. The van der Waals surface area contributed by atoms with E-state index in [0.29, 0.717) is 23.5 Å². The van der Waals surface area contributed by atoms with Crippen molar-refractivity contribution < 1.29 is 50.1 Å².